The summed E-state index contributed by atoms with van der Waals surface area (Å²) in [6, 6.07) is 14.3. The number of aromatic hydroxyl groups is 1. The van der Waals surface area contributed by atoms with Gasteiger partial charge in [-0.2, -0.15) is 0 Å². The second-order valence-electron chi connectivity index (χ2n) is 4.54. The van der Waals surface area contributed by atoms with Crippen molar-refractivity contribution >= 4 is 10.9 Å². The summed E-state index contributed by atoms with van der Waals surface area (Å²) < 4.78 is 1.04. The highest BCUT2D eigenvalue weighted by Crippen LogP contribution is 2.20. The van der Waals surface area contributed by atoms with E-state index in [2.05, 4.69) is 4.98 Å². The van der Waals surface area contributed by atoms with E-state index in [9.17, 15) is 9.90 Å². The van der Waals surface area contributed by atoms with Crippen molar-refractivity contribution in [1.29, 1.82) is 0 Å². The maximum Gasteiger partial charge on any atom is 0.279 e. The minimum absolute atomic E-state index is 0.0190. The summed E-state index contributed by atoms with van der Waals surface area (Å²) in [6.07, 6.45) is 0.427. The van der Waals surface area contributed by atoms with Crippen LogP contribution in [0.1, 0.15) is 11.4 Å². The third kappa shape index (κ3) is 1.99. The molecule has 100 valence electrons. The monoisotopic (exact) mass is 267 g/mol. The number of benzene rings is 2. The van der Waals surface area contributed by atoms with Gasteiger partial charge in [0.05, 0.1) is 5.39 Å². The zero-order valence-corrected chi connectivity index (χ0v) is 10.7. The number of para-hydroxylation sites is 1. The van der Waals surface area contributed by atoms with Crippen LogP contribution in [0, 0.1) is 0 Å². The van der Waals surface area contributed by atoms with Crippen LogP contribution >= 0.6 is 0 Å². The van der Waals surface area contributed by atoms with Gasteiger partial charge in [0.2, 0.25) is 0 Å². The summed E-state index contributed by atoms with van der Waals surface area (Å²) in [5.74, 6) is 6.20. The number of nitrogen functional groups attached to an aromatic ring is 1. The summed E-state index contributed by atoms with van der Waals surface area (Å²) >= 11 is 0. The van der Waals surface area contributed by atoms with Gasteiger partial charge in [-0.05, 0) is 17.7 Å². The number of nitrogens with zero attached hydrogens (tertiary/aromatic N) is 2. The highest BCUT2D eigenvalue weighted by atomic mass is 16.3. The van der Waals surface area contributed by atoms with Crippen molar-refractivity contribution in [3.05, 3.63) is 70.3 Å². The van der Waals surface area contributed by atoms with E-state index in [-0.39, 0.29) is 16.8 Å². The Hall–Kier alpha value is -2.82. The van der Waals surface area contributed by atoms with Crippen LogP contribution in [0.5, 0.6) is 5.75 Å². The molecule has 3 rings (SSSR count). The zero-order chi connectivity index (χ0) is 14.1. The van der Waals surface area contributed by atoms with E-state index in [4.69, 9.17) is 5.84 Å². The van der Waals surface area contributed by atoms with Gasteiger partial charge in [-0.1, -0.05) is 36.4 Å². The number of aromatic nitrogens is 2. The highest BCUT2D eigenvalue weighted by Gasteiger charge is 2.11. The first kappa shape index (κ1) is 12.2. The van der Waals surface area contributed by atoms with Crippen molar-refractivity contribution < 1.29 is 5.11 Å². The molecule has 5 heteroatoms. The van der Waals surface area contributed by atoms with Crippen molar-refractivity contribution in [3.63, 3.8) is 0 Å². The van der Waals surface area contributed by atoms with E-state index in [1.54, 1.807) is 12.1 Å². The van der Waals surface area contributed by atoms with Crippen LogP contribution in [0.2, 0.25) is 0 Å². The normalized spacial score (nSPS) is 10.8. The lowest BCUT2D eigenvalue weighted by atomic mass is 10.1. The van der Waals surface area contributed by atoms with Gasteiger partial charge >= 0.3 is 0 Å². The molecule has 1 aromatic heterocycles. The van der Waals surface area contributed by atoms with Crippen LogP contribution in [0.15, 0.2) is 53.3 Å². The number of phenolic OH excluding ortho intramolecular Hbond substituents is 1. The molecule has 5 nitrogen and oxygen atoms in total. The number of nitrogens with two attached hydrogens (primary N) is 1. The Morgan fingerprint density at radius 3 is 2.60 bits per heavy atom. The van der Waals surface area contributed by atoms with Gasteiger partial charge < -0.3 is 10.9 Å². The van der Waals surface area contributed by atoms with E-state index < -0.39 is 0 Å². The summed E-state index contributed by atoms with van der Waals surface area (Å²) in [7, 11) is 0. The molecule has 0 spiro atoms. The number of hydrogen-bond acceptors (Lipinski definition) is 4. The average molecular weight is 267 g/mol. The lowest BCUT2D eigenvalue weighted by Crippen LogP contribution is -2.31. The van der Waals surface area contributed by atoms with E-state index in [0.29, 0.717) is 17.6 Å². The predicted molar refractivity (Wildman–Crippen MR) is 77.1 cm³/mol. The number of hydrogen-bond donors (Lipinski definition) is 2. The molecule has 0 aliphatic rings. The summed E-state index contributed by atoms with van der Waals surface area (Å²) in [6.45, 7) is 0. The average Bonchev–Trinajstić information content (AvgIpc) is 2.47. The third-order valence-electron chi connectivity index (χ3n) is 3.19. The molecule has 0 bridgehead atoms. The second kappa shape index (κ2) is 4.70. The quantitative estimate of drug-likeness (QED) is 0.688. The second-order valence-corrected chi connectivity index (χ2v) is 4.54. The maximum atomic E-state index is 12.2. The Morgan fingerprint density at radius 2 is 1.85 bits per heavy atom. The number of phenols is 1. The maximum absolute atomic E-state index is 12.2. The Bertz CT molecular complexity index is 826. The molecule has 0 aliphatic heterocycles. The molecule has 0 saturated carbocycles. The third-order valence-corrected chi connectivity index (χ3v) is 3.19. The first-order valence-corrected chi connectivity index (χ1v) is 6.19. The first-order chi connectivity index (χ1) is 9.66. The van der Waals surface area contributed by atoms with E-state index in [1.165, 1.54) is 6.07 Å². The van der Waals surface area contributed by atoms with Crippen LogP contribution in [0.3, 0.4) is 0 Å². The molecule has 0 aliphatic carbocycles. The Balaban J connectivity index is 2.19. The van der Waals surface area contributed by atoms with Gasteiger partial charge in [0.25, 0.3) is 5.56 Å². The van der Waals surface area contributed by atoms with Crippen molar-refractivity contribution in [2.75, 3.05) is 5.84 Å². The van der Waals surface area contributed by atoms with Crippen LogP contribution < -0.4 is 11.4 Å². The smallest absolute Gasteiger partial charge is 0.279 e. The molecule has 0 fully saturated rings. The van der Waals surface area contributed by atoms with Gasteiger partial charge in [0.1, 0.15) is 17.1 Å². The van der Waals surface area contributed by atoms with Crippen molar-refractivity contribution in [2.24, 2.45) is 0 Å². The van der Waals surface area contributed by atoms with E-state index >= 15 is 0 Å². The van der Waals surface area contributed by atoms with Gasteiger partial charge in [-0.3, -0.25) is 4.79 Å². The van der Waals surface area contributed by atoms with E-state index in [0.717, 1.165) is 10.2 Å². The van der Waals surface area contributed by atoms with Crippen molar-refractivity contribution in [1.82, 2.24) is 9.66 Å². The minimum atomic E-state index is -0.364. The highest BCUT2D eigenvalue weighted by molar-refractivity contribution is 5.83. The summed E-state index contributed by atoms with van der Waals surface area (Å²) in [5, 5.41) is 10.1. The fourth-order valence-electron chi connectivity index (χ4n) is 2.15. The number of fused-ring (bicyclic) bond motifs is 1. The Kier molecular flexibility index (Phi) is 2.87. The standard InChI is InChI=1S/C15H13N3O2/c16-18-13(9-10-5-2-1-3-6-10)17-14-11(15(18)20)7-4-8-12(14)19/h1-8,19H,9,16H2. The van der Waals surface area contributed by atoms with Gasteiger partial charge in [-0.25, -0.2) is 9.66 Å². The minimum Gasteiger partial charge on any atom is -0.506 e. The summed E-state index contributed by atoms with van der Waals surface area (Å²) in [5.41, 5.74) is 0.912. The van der Waals surface area contributed by atoms with Gasteiger partial charge in [0, 0.05) is 6.42 Å². The Labute approximate surface area is 114 Å². The van der Waals surface area contributed by atoms with Crippen LogP contribution in [0.25, 0.3) is 10.9 Å². The van der Waals surface area contributed by atoms with E-state index in [1.807, 2.05) is 30.3 Å². The fourth-order valence-corrected chi connectivity index (χ4v) is 2.15. The largest absolute Gasteiger partial charge is 0.506 e. The lowest BCUT2D eigenvalue weighted by molar-refractivity contribution is 0.480. The molecule has 3 aromatic rings. The Morgan fingerprint density at radius 1 is 1.10 bits per heavy atom. The molecular weight excluding hydrogens is 254 g/mol. The molecule has 0 unspecified atom stereocenters. The number of rotatable bonds is 2. The molecule has 20 heavy (non-hydrogen) atoms. The fraction of sp³-hybridized carbons (Fsp3) is 0.0667. The molecule has 2 aromatic carbocycles. The molecular formula is C15H13N3O2. The molecule has 3 N–H and O–H groups in total. The van der Waals surface area contributed by atoms with Crippen LogP contribution in [0.4, 0.5) is 0 Å². The van der Waals surface area contributed by atoms with Crippen LogP contribution in [-0.4, -0.2) is 14.8 Å². The van der Waals surface area contributed by atoms with Crippen LogP contribution in [-0.2, 0) is 6.42 Å². The lowest BCUT2D eigenvalue weighted by Gasteiger charge is -2.09. The topological polar surface area (TPSA) is 81.1 Å². The van der Waals surface area contributed by atoms with Crippen molar-refractivity contribution in [2.45, 2.75) is 6.42 Å². The molecule has 1 heterocycles. The predicted octanol–water partition coefficient (Wildman–Crippen LogP) is 1.41. The molecule has 0 radical (unpaired) electrons. The summed E-state index contributed by atoms with van der Waals surface area (Å²) in [4.78, 5) is 16.5. The molecule has 0 atom stereocenters. The van der Waals surface area contributed by atoms with Crippen molar-refractivity contribution in [3.8, 4) is 5.75 Å². The zero-order valence-electron chi connectivity index (χ0n) is 10.7. The molecule has 0 amide bonds. The molecule has 0 saturated heterocycles. The van der Waals surface area contributed by atoms with Gasteiger partial charge in [-0.15, -0.1) is 0 Å². The van der Waals surface area contributed by atoms with Gasteiger partial charge in [0.15, 0.2) is 0 Å². The first-order valence-electron chi connectivity index (χ1n) is 6.19. The SMILES string of the molecule is Nn1c(Cc2ccccc2)nc2c(O)cccc2c1=O.